The normalized spacial score (nSPS) is 29.0. The Balaban J connectivity index is 1.55. The lowest BCUT2D eigenvalue weighted by Gasteiger charge is -2.41. The van der Waals surface area contributed by atoms with Crippen molar-refractivity contribution in [1.29, 1.82) is 0 Å². The van der Waals surface area contributed by atoms with Crippen molar-refractivity contribution in [2.75, 3.05) is 25.0 Å². The Bertz CT molecular complexity index is 802. The molecule has 0 aromatic heterocycles. The maximum atomic E-state index is 11.0. The second-order valence-corrected chi connectivity index (χ2v) is 9.10. The van der Waals surface area contributed by atoms with Crippen molar-refractivity contribution in [1.82, 2.24) is 4.90 Å². The third-order valence-corrected chi connectivity index (χ3v) is 7.75. The minimum absolute atomic E-state index is 0.0759. The highest BCUT2D eigenvalue weighted by atomic mass is 32.2. The summed E-state index contributed by atoms with van der Waals surface area (Å²) in [7, 11) is 2.22. The lowest BCUT2D eigenvalue weighted by Crippen LogP contribution is -2.45. The number of fused-ring (bicyclic) bond motifs is 2. The molecule has 1 saturated heterocycles. The molecule has 0 spiro atoms. The van der Waals surface area contributed by atoms with Gasteiger partial charge in [0.25, 0.3) is 0 Å². The van der Waals surface area contributed by atoms with Crippen molar-refractivity contribution >= 4 is 17.4 Å². The third kappa shape index (κ3) is 2.67. The number of benzene rings is 2. The van der Waals surface area contributed by atoms with Gasteiger partial charge >= 0.3 is 0 Å². The van der Waals surface area contributed by atoms with E-state index in [0.717, 1.165) is 6.42 Å². The van der Waals surface area contributed by atoms with Gasteiger partial charge in [-0.05, 0) is 62.2 Å². The molecular formula is C22H26N2OS. The fraction of sp³-hybridized carbons (Fsp3) is 0.455. The first kappa shape index (κ1) is 16.7. The average Bonchev–Trinajstić information content (AvgIpc) is 3.19. The summed E-state index contributed by atoms with van der Waals surface area (Å²) >= 11 is 2.01. The number of piperidine rings is 1. The van der Waals surface area contributed by atoms with E-state index in [1.165, 1.54) is 47.6 Å². The monoisotopic (exact) mass is 366 g/mol. The highest BCUT2D eigenvalue weighted by molar-refractivity contribution is 8.00. The predicted molar refractivity (Wildman–Crippen MR) is 108 cm³/mol. The Kier molecular flexibility index (Phi) is 4.23. The highest BCUT2D eigenvalue weighted by Gasteiger charge is 2.45. The van der Waals surface area contributed by atoms with Gasteiger partial charge < -0.3 is 14.9 Å². The van der Waals surface area contributed by atoms with E-state index in [-0.39, 0.29) is 12.1 Å². The van der Waals surface area contributed by atoms with Crippen LogP contribution in [0, 0.1) is 5.92 Å². The summed E-state index contributed by atoms with van der Waals surface area (Å²) in [6.45, 7) is 2.35. The zero-order valence-corrected chi connectivity index (χ0v) is 16.0. The Morgan fingerprint density at radius 3 is 2.58 bits per heavy atom. The molecule has 0 bridgehead atoms. The highest BCUT2D eigenvalue weighted by Crippen LogP contribution is 2.53. The molecule has 3 aliphatic rings. The molecule has 0 radical (unpaired) electrons. The molecule has 3 atom stereocenters. The van der Waals surface area contributed by atoms with E-state index in [4.69, 9.17) is 0 Å². The first-order valence-electron chi connectivity index (χ1n) is 9.71. The average molecular weight is 367 g/mol. The molecule has 5 rings (SSSR count). The van der Waals surface area contributed by atoms with Gasteiger partial charge in [0.15, 0.2) is 0 Å². The number of rotatable bonds is 2. The molecule has 0 saturated carbocycles. The number of nitrogens with zero attached hydrogens (tertiary/aromatic N) is 2. The summed E-state index contributed by atoms with van der Waals surface area (Å²) in [4.78, 5) is 6.37. The van der Waals surface area contributed by atoms with Gasteiger partial charge in [0.05, 0.1) is 23.2 Å². The largest absolute Gasteiger partial charge is 0.390 e. The zero-order chi connectivity index (χ0) is 17.7. The van der Waals surface area contributed by atoms with E-state index in [2.05, 4.69) is 65.4 Å². The summed E-state index contributed by atoms with van der Waals surface area (Å²) in [6.07, 6.45) is 2.92. The van der Waals surface area contributed by atoms with Crippen molar-refractivity contribution in [2.45, 2.75) is 41.7 Å². The summed E-state index contributed by atoms with van der Waals surface area (Å²) in [6, 6.07) is 17.4. The van der Waals surface area contributed by atoms with Crippen molar-refractivity contribution < 1.29 is 5.11 Å². The smallest absolute Gasteiger partial charge is 0.0834 e. The van der Waals surface area contributed by atoms with Gasteiger partial charge in [-0.3, -0.25) is 0 Å². The minimum Gasteiger partial charge on any atom is -0.390 e. The number of hydrogen-bond acceptors (Lipinski definition) is 4. The Morgan fingerprint density at radius 1 is 1.00 bits per heavy atom. The summed E-state index contributed by atoms with van der Waals surface area (Å²) in [5, 5.41) is 11.4. The fourth-order valence-corrected chi connectivity index (χ4v) is 6.46. The molecule has 1 unspecified atom stereocenters. The van der Waals surface area contributed by atoms with Gasteiger partial charge in [0.2, 0.25) is 0 Å². The second-order valence-electron chi connectivity index (χ2n) is 7.94. The number of para-hydroxylation sites is 1. The van der Waals surface area contributed by atoms with Crippen molar-refractivity contribution in [3.63, 3.8) is 0 Å². The maximum absolute atomic E-state index is 11.0. The molecular weight excluding hydrogens is 340 g/mol. The first-order chi connectivity index (χ1) is 12.7. The number of aliphatic hydroxyl groups excluding tert-OH is 1. The van der Waals surface area contributed by atoms with Crippen LogP contribution in [0.25, 0.3) is 0 Å². The molecule has 2 heterocycles. The van der Waals surface area contributed by atoms with Crippen LogP contribution in [0.4, 0.5) is 5.69 Å². The first-order valence-corrected chi connectivity index (χ1v) is 10.6. The maximum Gasteiger partial charge on any atom is 0.0834 e. The van der Waals surface area contributed by atoms with Crippen LogP contribution in [0.2, 0.25) is 0 Å². The lowest BCUT2D eigenvalue weighted by atomic mass is 9.94. The van der Waals surface area contributed by atoms with Gasteiger partial charge in [-0.1, -0.05) is 48.2 Å². The molecule has 2 aromatic carbocycles. The van der Waals surface area contributed by atoms with Crippen LogP contribution in [-0.2, 0) is 6.42 Å². The predicted octanol–water partition coefficient (Wildman–Crippen LogP) is 3.92. The van der Waals surface area contributed by atoms with Gasteiger partial charge in [-0.15, -0.1) is 0 Å². The molecule has 2 aromatic rings. The molecule has 1 aliphatic carbocycles. The molecule has 1 N–H and O–H groups in total. The van der Waals surface area contributed by atoms with Gasteiger partial charge in [0, 0.05) is 11.3 Å². The van der Waals surface area contributed by atoms with Crippen LogP contribution >= 0.6 is 11.8 Å². The summed E-state index contributed by atoms with van der Waals surface area (Å²) < 4.78 is 0. The number of anilines is 1. The van der Waals surface area contributed by atoms with Crippen LogP contribution in [0.5, 0.6) is 0 Å². The standard InChI is InChI=1S/C22H26N2OS/c1-23-12-10-15(11-13-23)22-24(18-8-4-5-9-20(18)26-22)21-17-7-3-2-6-16(17)14-19(21)25/h2-9,15,19,21-22,25H,10-14H2,1H3/t19-,21-,22?/m1/s1. The molecule has 3 nitrogen and oxygen atoms in total. The zero-order valence-electron chi connectivity index (χ0n) is 15.2. The Hall–Kier alpha value is -1.49. The number of hydrogen-bond donors (Lipinski definition) is 1. The third-order valence-electron chi connectivity index (χ3n) is 6.30. The molecule has 136 valence electrons. The van der Waals surface area contributed by atoms with E-state index < -0.39 is 0 Å². The fourth-order valence-electron chi connectivity index (χ4n) is 4.93. The van der Waals surface area contributed by atoms with Crippen molar-refractivity contribution in [2.24, 2.45) is 5.92 Å². The minimum atomic E-state index is -0.326. The Morgan fingerprint density at radius 2 is 1.73 bits per heavy atom. The van der Waals surface area contributed by atoms with E-state index in [0.29, 0.717) is 11.3 Å². The molecule has 2 aliphatic heterocycles. The van der Waals surface area contributed by atoms with Gasteiger partial charge in [0.1, 0.15) is 0 Å². The SMILES string of the molecule is CN1CCC(C2Sc3ccccc3N2[C@@H]2c3ccccc3C[C@H]2O)CC1. The quantitative estimate of drug-likeness (QED) is 0.871. The lowest BCUT2D eigenvalue weighted by molar-refractivity contribution is 0.145. The van der Waals surface area contributed by atoms with Crippen molar-refractivity contribution in [3.8, 4) is 0 Å². The Labute approximate surface area is 160 Å². The van der Waals surface area contributed by atoms with E-state index in [1.807, 2.05) is 11.8 Å². The van der Waals surface area contributed by atoms with Crippen LogP contribution in [0.3, 0.4) is 0 Å². The molecule has 0 amide bonds. The van der Waals surface area contributed by atoms with Crippen LogP contribution in [-0.4, -0.2) is 41.6 Å². The summed E-state index contributed by atoms with van der Waals surface area (Å²) in [5.74, 6) is 0.670. The molecule has 1 fully saturated rings. The van der Waals surface area contributed by atoms with Crippen LogP contribution < -0.4 is 4.90 Å². The van der Waals surface area contributed by atoms with E-state index in [9.17, 15) is 5.11 Å². The molecule has 26 heavy (non-hydrogen) atoms. The van der Waals surface area contributed by atoms with E-state index in [1.54, 1.807) is 0 Å². The van der Waals surface area contributed by atoms with Crippen LogP contribution in [0.15, 0.2) is 53.4 Å². The van der Waals surface area contributed by atoms with Crippen molar-refractivity contribution in [3.05, 3.63) is 59.7 Å². The number of aliphatic hydroxyl groups is 1. The van der Waals surface area contributed by atoms with Gasteiger partial charge in [-0.2, -0.15) is 0 Å². The van der Waals surface area contributed by atoms with Gasteiger partial charge in [-0.25, -0.2) is 0 Å². The van der Waals surface area contributed by atoms with E-state index >= 15 is 0 Å². The number of likely N-dealkylation sites (tertiary alicyclic amines) is 1. The number of thioether (sulfide) groups is 1. The topological polar surface area (TPSA) is 26.7 Å². The van der Waals surface area contributed by atoms with Crippen LogP contribution in [0.1, 0.15) is 30.0 Å². The second kappa shape index (κ2) is 6.59. The summed E-state index contributed by atoms with van der Waals surface area (Å²) in [5.41, 5.74) is 3.93. The molecule has 4 heteroatoms.